The molecule has 26 heavy (non-hydrogen) atoms. The van der Waals surface area contributed by atoms with Crippen LogP contribution in [0.2, 0.25) is 0 Å². The third-order valence-corrected chi connectivity index (χ3v) is 5.62. The zero-order chi connectivity index (χ0) is 18.5. The van der Waals surface area contributed by atoms with E-state index in [0.29, 0.717) is 0 Å². The van der Waals surface area contributed by atoms with E-state index in [1.54, 1.807) is 0 Å². The summed E-state index contributed by atoms with van der Waals surface area (Å²) in [7, 11) is 0. The molecule has 0 unspecified atom stereocenters. The molecule has 0 atom stereocenters. The molecule has 1 aliphatic rings. The average molecular weight is 353 g/mol. The van der Waals surface area contributed by atoms with Gasteiger partial charge in [-0.3, -0.25) is 0 Å². The maximum atomic E-state index is 4.64. The molecule has 2 aromatic rings. The summed E-state index contributed by atoms with van der Waals surface area (Å²) in [5.41, 5.74) is 7.81. The van der Waals surface area contributed by atoms with Gasteiger partial charge in [-0.15, -0.1) is 10.2 Å². The Morgan fingerprint density at radius 2 is 1.62 bits per heavy atom. The van der Waals surface area contributed by atoms with E-state index in [4.69, 9.17) is 0 Å². The molecule has 0 amide bonds. The number of nitrogens with one attached hydrogen (secondary N) is 1. The highest BCUT2D eigenvalue weighted by molar-refractivity contribution is 5.69. The van der Waals surface area contributed by atoms with E-state index in [9.17, 15) is 0 Å². The molecular formula is C22H32N4. The lowest BCUT2D eigenvalue weighted by Crippen LogP contribution is -2.28. The summed E-state index contributed by atoms with van der Waals surface area (Å²) in [5.74, 6) is 0.905. The molecular weight excluding hydrogens is 320 g/mol. The Labute approximate surface area is 158 Å². The van der Waals surface area contributed by atoms with Crippen LogP contribution in [-0.2, 0) is 12.8 Å². The third-order valence-electron chi connectivity index (χ3n) is 5.62. The normalized spacial score (nSPS) is 13.7. The summed E-state index contributed by atoms with van der Waals surface area (Å²) in [6, 6.07) is 6.86. The molecule has 0 spiro atoms. The van der Waals surface area contributed by atoms with E-state index in [-0.39, 0.29) is 0 Å². The number of nitrogens with zero attached hydrogens (tertiary/aromatic N) is 3. The highest BCUT2D eigenvalue weighted by Crippen LogP contribution is 2.32. The summed E-state index contributed by atoms with van der Waals surface area (Å²) in [6.45, 7) is 12.9. The first kappa shape index (κ1) is 18.8. The van der Waals surface area contributed by atoms with Crippen molar-refractivity contribution in [3.63, 3.8) is 0 Å². The lowest BCUT2D eigenvalue weighted by Gasteiger charge is -2.20. The van der Waals surface area contributed by atoms with Crippen molar-refractivity contribution in [1.82, 2.24) is 15.1 Å². The molecule has 3 rings (SSSR count). The summed E-state index contributed by atoms with van der Waals surface area (Å²) in [4.78, 5) is 2.41. The van der Waals surface area contributed by atoms with Crippen molar-refractivity contribution in [2.24, 2.45) is 0 Å². The van der Waals surface area contributed by atoms with E-state index in [2.05, 4.69) is 66.3 Å². The number of hydrogen-bond donors (Lipinski definition) is 1. The number of aryl methyl sites for hydroxylation is 4. The van der Waals surface area contributed by atoms with Gasteiger partial charge in [-0.1, -0.05) is 19.9 Å². The summed E-state index contributed by atoms with van der Waals surface area (Å²) < 4.78 is 0. The molecule has 140 valence electrons. The van der Waals surface area contributed by atoms with Crippen LogP contribution < -0.4 is 5.32 Å². The van der Waals surface area contributed by atoms with Gasteiger partial charge < -0.3 is 10.2 Å². The number of hydrogen-bond acceptors (Lipinski definition) is 4. The topological polar surface area (TPSA) is 41.0 Å². The number of likely N-dealkylation sites (N-methyl/N-ethyl adjacent to an activating group) is 1. The number of rotatable bonds is 6. The van der Waals surface area contributed by atoms with Crippen LogP contribution >= 0.6 is 0 Å². The summed E-state index contributed by atoms with van der Waals surface area (Å²) >= 11 is 0. The Morgan fingerprint density at radius 3 is 2.35 bits per heavy atom. The van der Waals surface area contributed by atoms with Gasteiger partial charge in [-0.25, -0.2) is 0 Å². The molecule has 0 radical (unpaired) electrons. The molecule has 1 aliphatic carbocycles. The van der Waals surface area contributed by atoms with Crippen LogP contribution in [0.5, 0.6) is 0 Å². The Morgan fingerprint density at radius 1 is 0.923 bits per heavy atom. The van der Waals surface area contributed by atoms with Crippen molar-refractivity contribution in [3.05, 3.63) is 40.5 Å². The average Bonchev–Trinajstić information content (AvgIpc) is 2.64. The molecule has 0 saturated heterocycles. The second kappa shape index (κ2) is 8.63. The van der Waals surface area contributed by atoms with Crippen LogP contribution in [0.1, 0.15) is 48.9 Å². The fraction of sp³-hybridized carbons (Fsp3) is 0.545. The van der Waals surface area contributed by atoms with Gasteiger partial charge in [0.25, 0.3) is 0 Å². The van der Waals surface area contributed by atoms with Gasteiger partial charge in [0.15, 0.2) is 0 Å². The molecule has 0 saturated carbocycles. The Hall–Kier alpha value is -1.94. The molecule has 4 heteroatoms. The predicted octanol–water partition coefficient (Wildman–Crippen LogP) is 4.39. The molecule has 1 N–H and O–H groups in total. The second-order valence-corrected chi connectivity index (χ2v) is 7.36. The van der Waals surface area contributed by atoms with Crippen LogP contribution in [0.4, 0.5) is 5.82 Å². The van der Waals surface area contributed by atoms with Crippen molar-refractivity contribution >= 4 is 5.82 Å². The highest BCUT2D eigenvalue weighted by atomic mass is 15.2. The van der Waals surface area contributed by atoms with Crippen molar-refractivity contribution in [3.8, 4) is 11.3 Å². The zero-order valence-corrected chi connectivity index (χ0v) is 16.7. The smallest absolute Gasteiger partial charge is 0.149 e. The lowest BCUT2D eigenvalue weighted by atomic mass is 9.89. The number of anilines is 1. The molecule has 4 nitrogen and oxygen atoms in total. The summed E-state index contributed by atoms with van der Waals surface area (Å²) in [6.07, 6.45) is 4.68. The maximum Gasteiger partial charge on any atom is 0.149 e. The number of aromatic nitrogens is 2. The van der Waals surface area contributed by atoms with Crippen molar-refractivity contribution in [2.75, 3.05) is 31.5 Å². The monoisotopic (exact) mass is 352 g/mol. The lowest BCUT2D eigenvalue weighted by molar-refractivity contribution is 0.316. The van der Waals surface area contributed by atoms with Gasteiger partial charge in [0.1, 0.15) is 5.82 Å². The van der Waals surface area contributed by atoms with E-state index >= 15 is 0 Å². The largest absolute Gasteiger partial charge is 0.367 e. The third kappa shape index (κ3) is 4.24. The maximum absolute atomic E-state index is 4.64. The molecule has 1 aromatic heterocycles. The SMILES string of the molecule is CCN(CC)CCNc1cc2c(nn1)-c1cc(C)c(C)cc1CCCC2. The highest BCUT2D eigenvalue weighted by Gasteiger charge is 2.17. The Balaban J connectivity index is 1.84. The van der Waals surface area contributed by atoms with Gasteiger partial charge >= 0.3 is 0 Å². The van der Waals surface area contributed by atoms with E-state index in [1.165, 1.54) is 40.7 Å². The first-order valence-corrected chi connectivity index (χ1v) is 10.1. The van der Waals surface area contributed by atoms with Crippen molar-refractivity contribution in [1.29, 1.82) is 0 Å². The van der Waals surface area contributed by atoms with Gasteiger partial charge in [0.2, 0.25) is 0 Å². The van der Waals surface area contributed by atoms with E-state index in [0.717, 1.165) is 50.5 Å². The number of benzene rings is 1. The fourth-order valence-electron chi connectivity index (χ4n) is 3.75. The molecule has 0 bridgehead atoms. The van der Waals surface area contributed by atoms with Gasteiger partial charge in [-0.05, 0) is 87.0 Å². The van der Waals surface area contributed by atoms with Crippen LogP contribution in [-0.4, -0.2) is 41.3 Å². The van der Waals surface area contributed by atoms with Crippen molar-refractivity contribution < 1.29 is 0 Å². The molecule has 1 heterocycles. The van der Waals surface area contributed by atoms with Gasteiger partial charge in [0, 0.05) is 18.7 Å². The van der Waals surface area contributed by atoms with E-state index in [1.807, 2.05) is 0 Å². The van der Waals surface area contributed by atoms with Gasteiger partial charge in [-0.2, -0.15) is 0 Å². The zero-order valence-electron chi connectivity index (χ0n) is 16.7. The van der Waals surface area contributed by atoms with Crippen molar-refractivity contribution in [2.45, 2.75) is 53.4 Å². The minimum absolute atomic E-state index is 0.905. The summed E-state index contributed by atoms with van der Waals surface area (Å²) in [5, 5.41) is 12.6. The standard InChI is InChI=1S/C22H32N4/c1-5-26(6-2)12-11-23-21-15-19-10-8-7-9-18-13-16(3)17(4)14-20(18)22(19)25-24-21/h13-15H,5-12H2,1-4H3,(H,23,24). The minimum Gasteiger partial charge on any atom is -0.367 e. The van der Waals surface area contributed by atoms with Crippen LogP contribution in [0.25, 0.3) is 11.3 Å². The van der Waals surface area contributed by atoms with Crippen LogP contribution in [0.15, 0.2) is 18.2 Å². The first-order chi connectivity index (χ1) is 12.6. The van der Waals surface area contributed by atoms with E-state index < -0.39 is 0 Å². The quantitative estimate of drug-likeness (QED) is 0.837. The molecule has 1 aromatic carbocycles. The fourth-order valence-corrected chi connectivity index (χ4v) is 3.75. The first-order valence-electron chi connectivity index (χ1n) is 10.1. The van der Waals surface area contributed by atoms with Crippen LogP contribution in [0.3, 0.4) is 0 Å². The predicted molar refractivity (Wildman–Crippen MR) is 110 cm³/mol. The van der Waals surface area contributed by atoms with Crippen LogP contribution in [0, 0.1) is 13.8 Å². The second-order valence-electron chi connectivity index (χ2n) is 7.36. The Bertz CT molecular complexity index is 750. The Kier molecular flexibility index (Phi) is 6.25. The number of fused-ring (bicyclic) bond motifs is 3. The minimum atomic E-state index is 0.905. The van der Waals surface area contributed by atoms with Gasteiger partial charge in [0.05, 0.1) is 5.69 Å². The molecule has 0 aliphatic heterocycles. The molecule has 0 fully saturated rings.